The van der Waals surface area contributed by atoms with E-state index in [9.17, 15) is 14.9 Å². The first-order valence-corrected chi connectivity index (χ1v) is 8.40. The van der Waals surface area contributed by atoms with E-state index in [0.29, 0.717) is 11.3 Å². The molecule has 1 amide bonds. The van der Waals surface area contributed by atoms with E-state index in [-0.39, 0.29) is 11.4 Å². The Morgan fingerprint density at radius 1 is 1.18 bits per heavy atom. The molecule has 0 radical (unpaired) electrons. The van der Waals surface area contributed by atoms with Gasteiger partial charge in [-0.05, 0) is 24.1 Å². The van der Waals surface area contributed by atoms with Gasteiger partial charge >= 0.3 is 0 Å². The number of nitrogens with one attached hydrogen (secondary N) is 2. The van der Waals surface area contributed by atoms with E-state index in [2.05, 4.69) is 20.7 Å². The molecule has 0 spiro atoms. The standard InChI is InChI=1S/C20H17N5O3/c1-14(10-15-6-3-2-4-7-15)13-21-24-20(26)19-12-18(22-23-19)16-8-5-9-17(11-16)25(27)28/h2-13H,1H3,(H,22,23)(H,24,26). The average molecular weight is 375 g/mol. The Balaban J connectivity index is 1.65. The maximum atomic E-state index is 12.2. The smallest absolute Gasteiger partial charge is 0.272 e. The highest BCUT2D eigenvalue weighted by Crippen LogP contribution is 2.22. The Labute approximate surface area is 160 Å². The summed E-state index contributed by atoms with van der Waals surface area (Å²) >= 11 is 0. The molecule has 3 aromatic rings. The summed E-state index contributed by atoms with van der Waals surface area (Å²) in [4.78, 5) is 22.6. The topological polar surface area (TPSA) is 113 Å². The summed E-state index contributed by atoms with van der Waals surface area (Å²) in [5.74, 6) is -0.465. The summed E-state index contributed by atoms with van der Waals surface area (Å²) in [6.07, 6.45) is 3.48. The van der Waals surface area contributed by atoms with E-state index in [0.717, 1.165) is 11.1 Å². The van der Waals surface area contributed by atoms with Crippen molar-refractivity contribution in [2.24, 2.45) is 5.10 Å². The monoisotopic (exact) mass is 375 g/mol. The summed E-state index contributed by atoms with van der Waals surface area (Å²) < 4.78 is 0. The zero-order valence-electron chi connectivity index (χ0n) is 15.0. The minimum atomic E-state index is -0.482. The van der Waals surface area contributed by atoms with Crippen LogP contribution in [0.25, 0.3) is 17.3 Å². The lowest BCUT2D eigenvalue weighted by molar-refractivity contribution is -0.384. The molecule has 0 saturated heterocycles. The van der Waals surface area contributed by atoms with Gasteiger partial charge in [-0.1, -0.05) is 48.5 Å². The van der Waals surface area contributed by atoms with Crippen LogP contribution in [0.3, 0.4) is 0 Å². The minimum Gasteiger partial charge on any atom is -0.272 e. The number of non-ortho nitro benzene ring substituents is 1. The normalized spacial score (nSPS) is 11.5. The summed E-state index contributed by atoms with van der Waals surface area (Å²) in [7, 11) is 0. The molecule has 0 unspecified atom stereocenters. The second-order valence-electron chi connectivity index (χ2n) is 5.97. The SMILES string of the molecule is CC(C=NNC(=O)c1cc(-c2cccc([N+](=O)[O-])c2)n[nH]1)=Cc1ccccc1. The number of carbonyl (C=O) groups is 1. The molecule has 0 fully saturated rings. The first kappa shape index (κ1) is 18.7. The molecule has 0 aliphatic rings. The Kier molecular flexibility index (Phi) is 5.71. The summed E-state index contributed by atoms with van der Waals surface area (Å²) in [6, 6.07) is 17.3. The molecule has 0 aliphatic heterocycles. The van der Waals surface area contributed by atoms with Crippen LogP contribution >= 0.6 is 0 Å². The van der Waals surface area contributed by atoms with Gasteiger partial charge in [0.25, 0.3) is 11.6 Å². The van der Waals surface area contributed by atoms with Crippen LogP contribution in [-0.2, 0) is 0 Å². The van der Waals surface area contributed by atoms with Crippen molar-refractivity contribution in [1.82, 2.24) is 15.6 Å². The molecule has 8 nitrogen and oxygen atoms in total. The fourth-order valence-corrected chi connectivity index (χ4v) is 2.47. The van der Waals surface area contributed by atoms with Crippen molar-refractivity contribution in [1.29, 1.82) is 0 Å². The molecule has 8 heteroatoms. The molecule has 0 aliphatic carbocycles. The largest absolute Gasteiger partial charge is 0.289 e. The van der Waals surface area contributed by atoms with Gasteiger partial charge in [-0.15, -0.1) is 0 Å². The Morgan fingerprint density at radius 2 is 1.96 bits per heavy atom. The number of rotatable bonds is 6. The number of allylic oxidation sites excluding steroid dienone is 1. The highest BCUT2D eigenvalue weighted by atomic mass is 16.6. The van der Waals surface area contributed by atoms with Gasteiger partial charge in [0, 0.05) is 17.7 Å². The van der Waals surface area contributed by atoms with Crippen molar-refractivity contribution in [2.45, 2.75) is 6.92 Å². The van der Waals surface area contributed by atoms with Crippen molar-refractivity contribution in [3.05, 3.63) is 87.6 Å². The molecule has 0 saturated carbocycles. The second kappa shape index (κ2) is 8.54. The molecule has 140 valence electrons. The molecule has 2 aromatic carbocycles. The Hall–Kier alpha value is -4.07. The fourth-order valence-electron chi connectivity index (χ4n) is 2.47. The van der Waals surface area contributed by atoms with E-state index < -0.39 is 10.8 Å². The Morgan fingerprint density at radius 3 is 2.71 bits per heavy atom. The first-order chi connectivity index (χ1) is 13.5. The van der Waals surface area contributed by atoms with E-state index >= 15 is 0 Å². The molecule has 1 aromatic heterocycles. The molecule has 1 heterocycles. The van der Waals surface area contributed by atoms with Gasteiger partial charge in [0.2, 0.25) is 0 Å². The third-order valence-electron chi connectivity index (χ3n) is 3.80. The van der Waals surface area contributed by atoms with Gasteiger partial charge in [-0.25, -0.2) is 5.43 Å². The number of nitrogens with zero attached hydrogens (tertiary/aromatic N) is 3. The maximum Gasteiger partial charge on any atom is 0.289 e. The third kappa shape index (κ3) is 4.76. The number of hydrogen-bond acceptors (Lipinski definition) is 5. The van der Waals surface area contributed by atoms with Crippen molar-refractivity contribution < 1.29 is 9.72 Å². The quantitative estimate of drug-likeness (QED) is 0.387. The van der Waals surface area contributed by atoms with Gasteiger partial charge < -0.3 is 0 Å². The van der Waals surface area contributed by atoms with E-state index in [1.165, 1.54) is 18.2 Å². The van der Waals surface area contributed by atoms with Gasteiger partial charge in [0.05, 0.1) is 16.8 Å². The average Bonchev–Trinajstić information content (AvgIpc) is 3.19. The van der Waals surface area contributed by atoms with E-state index in [1.54, 1.807) is 18.3 Å². The summed E-state index contributed by atoms with van der Waals surface area (Å²) in [5.41, 5.74) is 5.44. The number of nitro groups is 1. The number of amides is 1. The summed E-state index contributed by atoms with van der Waals surface area (Å²) in [5, 5.41) is 21.5. The predicted octanol–water partition coefficient (Wildman–Crippen LogP) is 3.80. The number of aromatic amines is 1. The van der Waals surface area contributed by atoms with E-state index in [1.807, 2.05) is 43.3 Å². The van der Waals surface area contributed by atoms with Gasteiger partial charge in [0.15, 0.2) is 0 Å². The van der Waals surface area contributed by atoms with Crippen molar-refractivity contribution in [2.75, 3.05) is 0 Å². The predicted molar refractivity (Wildman–Crippen MR) is 107 cm³/mol. The number of aromatic nitrogens is 2. The molecule has 3 rings (SSSR count). The Bertz CT molecular complexity index is 1050. The highest BCUT2D eigenvalue weighted by Gasteiger charge is 2.13. The lowest BCUT2D eigenvalue weighted by Crippen LogP contribution is -2.17. The number of benzene rings is 2. The molecule has 2 N–H and O–H groups in total. The fraction of sp³-hybridized carbons (Fsp3) is 0.0500. The van der Waals surface area contributed by atoms with Gasteiger partial charge in [0.1, 0.15) is 5.69 Å². The number of carbonyl (C=O) groups excluding carboxylic acids is 1. The zero-order valence-corrected chi connectivity index (χ0v) is 15.0. The number of hydrazone groups is 1. The third-order valence-corrected chi connectivity index (χ3v) is 3.80. The van der Waals surface area contributed by atoms with Crippen LogP contribution in [0.15, 0.2) is 71.3 Å². The van der Waals surface area contributed by atoms with Crippen molar-refractivity contribution in [3.63, 3.8) is 0 Å². The highest BCUT2D eigenvalue weighted by molar-refractivity contribution is 5.94. The summed E-state index contributed by atoms with van der Waals surface area (Å²) in [6.45, 7) is 1.87. The second-order valence-corrected chi connectivity index (χ2v) is 5.97. The van der Waals surface area contributed by atoms with Crippen molar-refractivity contribution >= 4 is 23.9 Å². The van der Waals surface area contributed by atoms with Gasteiger partial charge in [-0.2, -0.15) is 10.2 Å². The van der Waals surface area contributed by atoms with Crippen LogP contribution in [0.4, 0.5) is 5.69 Å². The van der Waals surface area contributed by atoms with Crippen LogP contribution < -0.4 is 5.43 Å². The van der Waals surface area contributed by atoms with Crippen LogP contribution in [0, 0.1) is 10.1 Å². The minimum absolute atomic E-state index is 0.0446. The zero-order chi connectivity index (χ0) is 19.9. The van der Waals surface area contributed by atoms with Crippen LogP contribution in [0.2, 0.25) is 0 Å². The first-order valence-electron chi connectivity index (χ1n) is 8.40. The van der Waals surface area contributed by atoms with E-state index in [4.69, 9.17) is 0 Å². The number of hydrogen-bond donors (Lipinski definition) is 2. The lowest BCUT2D eigenvalue weighted by Gasteiger charge is -1.97. The molecule has 0 bridgehead atoms. The van der Waals surface area contributed by atoms with Crippen LogP contribution in [-0.4, -0.2) is 27.2 Å². The van der Waals surface area contributed by atoms with Gasteiger partial charge in [-0.3, -0.25) is 20.0 Å². The lowest BCUT2D eigenvalue weighted by atomic mass is 10.1. The molecule has 0 atom stereocenters. The maximum absolute atomic E-state index is 12.2. The molecule has 28 heavy (non-hydrogen) atoms. The van der Waals surface area contributed by atoms with Crippen molar-refractivity contribution in [3.8, 4) is 11.3 Å². The molecular formula is C20H17N5O3. The molecular weight excluding hydrogens is 358 g/mol. The van der Waals surface area contributed by atoms with Crippen LogP contribution in [0.5, 0.6) is 0 Å². The number of nitro benzene ring substituents is 1. The number of H-pyrrole nitrogens is 1. The van der Waals surface area contributed by atoms with Crippen LogP contribution in [0.1, 0.15) is 23.0 Å².